The highest BCUT2D eigenvalue weighted by molar-refractivity contribution is 6.30. The molecule has 1 saturated heterocycles. The van der Waals surface area contributed by atoms with Crippen LogP contribution >= 0.6 is 11.6 Å². The number of imide groups is 1. The average Bonchev–Trinajstić information content (AvgIpc) is 3.41. The zero-order valence-electron chi connectivity index (χ0n) is 15.5. The number of nitrogens with zero attached hydrogens (tertiary/aromatic N) is 1. The van der Waals surface area contributed by atoms with Crippen LogP contribution in [0.4, 0.5) is 5.69 Å². The fourth-order valence-electron chi connectivity index (χ4n) is 4.77. The standard InChI is InChI=1S/C24H18ClNO3/c25-18-8-1-14(2-9-18)3-12-20(27)15-6-10-19(11-7-15)26-23(28)21-16-4-5-17(13-16)22(21)24(26)29/h1-12,16-17,21-22H,13H2/b12-3+/t16-,17+,21-,22+. The van der Waals surface area contributed by atoms with Gasteiger partial charge < -0.3 is 0 Å². The van der Waals surface area contributed by atoms with Crippen LogP contribution in [0.3, 0.4) is 0 Å². The first-order chi connectivity index (χ1) is 14.0. The molecular weight excluding hydrogens is 386 g/mol. The first-order valence-corrected chi connectivity index (χ1v) is 10.0. The Morgan fingerprint density at radius 3 is 2.07 bits per heavy atom. The predicted molar refractivity (Wildman–Crippen MR) is 111 cm³/mol. The number of allylic oxidation sites excluding steroid dienone is 3. The first-order valence-electron chi connectivity index (χ1n) is 9.67. The number of fused-ring (bicyclic) bond motifs is 5. The molecule has 1 heterocycles. The van der Waals surface area contributed by atoms with Crippen molar-refractivity contribution < 1.29 is 14.4 Å². The molecule has 0 aromatic heterocycles. The lowest BCUT2D eigenvalue weighted by Crippen LogP contribution is -2.32. The molecule has 5 rings (SSSR count). The summed E-state index contributed by atoms with van der Waals surface area (Å²) in [5.74, 6) is -0.445. The van der Waals surface area contributed by atoms with Gasteiger partial charge in [-0.3, -0.25) is 19.3 Å². The van der Waals surface area contributed by atoms with Gasteiger partial charge in [-0.2, -0.15) is 0 Å². The normalized spacial score (nSPS) is 27.3. The molecule has 0 N–H and O–H groups in total. The van der Waals surface area contributed by atoms with Crippen molar-refractivity contribution in [3.05, 3.63) is 82.9 Å². The van der Waals surface area contributed by atoms with E-state index < -0.39 is 0 Å². The number of benzene rings is 2. The van der Waals surface area contributed by atoms with Crippen LogP contribution in [0.1, 0.15) is 22.3 Å². The fraction of sp³-hybridized carbons (Fsp3) is 0.208. The summed E-state index contributed by atoms with van der Waals surface area (Å²) in [4.78, 5) is 39.5. The van der Waals surface area contributed by atoms with Crippen molar-refractivity contribution in [2.75, 3.05) is 4.90 Å². The van der Waals surface area contributed by atoms with Crippen molar-refractivity contribution >= 4 is 41.0 Å². The van der Waals surface area contributed by atoms with Crippen LogP contribution in [0.5, 0.6) is 0 Å². The van der Waals surface area contributed by atoms with Crippen molar-refractivity contribution in [3.63, 3.8) is 0 Å². The lowest BCUT2D eigenvalue weighted by molar-refractivity contribution is -0.123. The minimum absolute atomic E-state index is 0.112. The molecule has 1 aliphatic heterocycles. The summed E-state index contributed by atoms with van der Waals surface area (Å²) < 4.78 is 0. The van der Waals surface area contributed by atoms with Gasteiger partial charge in [-0.25, -0.2) is 0 Å². The van der Waals surface area contributed by atoms with Gasteiger partial charge in [0.05, 0.1) is 17.5 Å². The smallest absolute Gasteiger partial charge is 0.238 e. The van der Waals surface area contributed by atoms with Crippen molar-refractivity contribution in [1.82, 2.24) is 0 Å². The van der Waals surface area contributed by atoms with E-state index in [2.05, 4.69) is 12.2 Å². The number of carbonyl (C=O) groups excluding carboxylic acids is 3. The van der Waals surface area contributed by atoms with Crippen LogP contribution in [-0.4, -0.2) is 17.6 Å². The van der Waals surface area contributed by atoms with Gasteiger partial charge in [0.15, 0.2) is 5.78 Å². The van der Waals surface area contributed by atoms with Gasteiger partial charge in [0.1, 0.15) is 0 Å². The molecule has 144 valence electrons. The van der Waals surface area contributed by atoms with Crippen LogP contribution in [0.2, 0.25) is 5.02 Å². The van der Waals surface area contributed by atoms with Crippen LogP contribution in [0.15, 0.2) is 66.8 Å². The molecule has 4 nitrogen and oxygen atoms in total. The van der Waals surface area contributed by atoms with Crippen molar-refractivity contribution in [2.45, 2.75) is 6.42 Å². The molecule has 4 atom stereocenters. The maximum Gasteiger partial charge on any atom is 0.238 e. The summed E-state index contributed by atoms with van der Waals surface area (Å²) in [5.41, 5.74) is 1.91. The Hall–Kier alpha value is -2.98. The number of hydrogen-bond donors (Lipinski definition) is 0. The van der Waals surface area contributed by atoms with E-state index in [1.165, 1.54) is 11.0 Å². The van der Waals surface area contributed by atoms with Gasteiger partial charge in [-0.15, -0.1) is 0 Å². The lowest BCUT2D eigenvalue weighted by Gasteiger charge is -2.17. The molecule has 0 unspecified atom stereocenters. The Labute approximate surface area is 173 Å². The van der Waals surface area contributed by atoms with E-state index in [0.29, 0.717) is 16.3 Å². The molecule has 0 radical (unpaired) electrons. The van der Waals surface area contributed by atoms with Gasteiger partial charge in [-0.05, 0) is 66.3 Å². The summed E-state index contributed by atoms with van der Waals surface area (Å²) in [6.07, 6.45) is 8.29. The summed E-state index contributed by atoms with van der Waals surface area (Å²) in [6, 6.07) is 13.9. The molecule has 2 aliphatic carbocycles. The molecular formula is C24H18ClNO3. The van der Waals surface area contributed by atoms with Crippen molar-refractivity contribution in [3.8, 4) is 0 Å². The molecule has 3 aliphatic rings. The van der Waals surface area contributed by atoms with Gasteiger partial charge in [0.2, 0.25) is 11.8 Å². The molecule has 2 bridgehead atoms. The molecule has 1 saturated carbocycles. The number of amides is 2. The Morgan fingerprint density at radius 1 is 0.897 bits per heavy atom. The third-order valence-corrected chi connectivity index (χ3v) is 6.43. The maximum atomic E-state index is 12.9. The van der Waals surface area contributed by atoms with Gasteiger partial charge >= 0.3 is 0 Å². The molecule has 2 aromatic carbocycles. The van der Waals surface area contributed by atoms with E-state index >= 15 is 0 Å². The van der Waals surface area contributed by atoms with Gasteiger partial charge in [0, 0.05) is 10.6 Å². The highest BCUT2D eigenvalue weighted by Gasteiger charge is 2.59. The van der Waals surface area contributed by atoms with Crippen molar-refractivity contribution in [2.24, 2.45) is 23.7 Å². The Balaban J connectivity index is 1.33. The third-order valence-electron chi connectivity index (χ3n) is 6.18. The zero-order valence-corrected chi connectivity index (χ0v) is 16.3. The van der Waals surface area contributed by atoms with Crippen molar-refractivity contribution in [1.29, 1.82) is 0 Å². The van der Waals surface area contributed by atoms with Crippen LogP contribution < -0.4 is 4.90 Å². The number of rotatable bonds is 4. The molecule has 0 spiro atoms. The minimum Gasteiger partial charge on any atom is -0.289 e. The maximum absolute atomic E-state index is 12.9. The van der Waals surface area contributed by atoms with Crippen LogP contribution in [0.25, 0.3) is 6.08 Å². The predicted octanol–water partition coefficient (Wildman–Crippen LogP) is 4.55. The van der Waals surface area contributed by atoms with E-state index in [4.69, 9.17) is 11.6 Å². The molecule has 2 aromatic rings. The highest BCUT2D eigenvalue weighted by Crippen LogP contribution is 2.53. The van der Waals surface area contributed by atoms with E-state index in [1.807, 2.05) is 12.1 Å². The Bertz CT molecular complexity index is 1040. The third kappa shape index (κ3) is 2.95. The van der Waals surface area contributed by atoms with E-state index in [-0.39, 0.29) is 41.3 Å². The van der Waals surface area contributed by atoms with E-state index in [1.54, 1.807) is 42.5 Å². The molecule has 2 fully saturated rings. The summed E-state index contributed by atoms with van der Waals surface area (Å²) in [5, 5.41) is 0.642. The number of carbonyl (C=O) groups is 3. The van der Waals surface area contributed by atoms with E-state index in [9.17, 15) is 14.4 Å². The highest BCUT2D eigenvalue weighted by atomic mass is 35.5. The number of anilines is 1. The average molecular weight is 404 g/mol. The molecule has 5 heteroatoms. The monoisotopic (exact) mass is 403 g/mol. The largest absolute Gasteiger partial charge is 0.289 e. The Morgan fingerprint density at radius 2 is 1.48 bits per heavy atom. The van der Waals surface area contributed by atoms with Gasteiger partial charge in [-0.1, -0.05) is 42.0 Å². The summed E-state index contributed by atoms with van der Waals surface area (Å²) >= 11 is 5.86. The van der Waals surface area contributed by atoms with Gasteiger partial charge in [0.25, 0.3) is 0 Å². The second-order valence-electron chi connectivity index (χ2n) is 7.81. The fourth-order valence-corrected chi connectivity index (χ4v) is 4.90. The van der Waals surface area contributed by atoms with Crippen LogP contribution in [-0.2, 0) is 9.59 Å². The molecule has 2 amide bonds. The zero-order chi connectivity index (χ0) is 20.1. The topological polar surface area (TPSA) is 54.5 Å². The quantitative estimate of drug-likeness (QED) is 0.326. The number of halogens is 1. The lowest BCUT2D eigenvalue weighted by atomic mass is 9.85. The first kappa shape index (κ1) is 18.1. The van der Waals surface area contributed by atoms with E-state index in [0.717, 1.165) is 12.0 Å². The summed E-state index contributed by atoms with van der Waals surface area (Å²) in [7, 11) is 0. The number of ketones is 1. The SMILES string of the molecule is O=C(/C=C/c1ccc(Cl)cc1)c1ccc(N2C(=O)[C@@H]3[C@H](C2=O)[C@@H]2C=C[C@H]3C2)cc1. The minimum atomic E-state index is -0.221. The number of hydrogen-bond acceptors (Lipinski definition) is 3. The second kappa shape index (κ2) is 6.82. The Kier molecular flexibility index (Phi) is 4.25. The summed E-state index contributed by atoms with van der Waals surface area (Å²) in [6.45, 7) is 0. The van der Waals surface area contributed by atoms with Crippen LogP contribution in [0, 0.1) is 23.7 Å². The molecule has 29 heavy (non-hydrogen) atoms. The second-order valence-corrected chi connectivity index (χ2v) is 8.24.